The van der Waals surface area contributed by atoms with Gasteiger partial charge in [0.1, 0.15) is 5.69 Å². The molecule has 2 aromatic rings. The fourth-order valence-electron chi connectivity index (χ4n) is 3.45. The number of nitrogens with zero attached hydrogens (tertiary/aromatic N) is 2. The van der Waals surface area contributed by atoms with Gasteiger partial charge in [0.05, 0.1) is 5.69 Å². The van der Waals surface area contributed by atoms with Gasteiger partial charge in [-0.15, -0.1) is 0 Å². The van der Waals surface area contributed by atoms with Crippen molar-refractivity contribution < 1.29 is 14.4 Å². The van der Waals surface area contributed by atoms with E-state index >= 15 is 0 Å². The summed E-state index contributed by atoms with van der Waals surface area (Å²) in [4.78, 5) is 37.1. The fourth-order valence-corrected chi connectivity index (χ4v) is 3.45. The van der Waals surface area contributed by atoms with Gasteiger partial charge in [0.15, 0.2) is 0 Å². The second-order valence-electron chi connectivity index (χ2n) is 6.56. The molecule has 0 spiro atoms. The van der Waals surface area contributed by atoms with Crippen LogP contribution in [0.5, 0.6) is 0 Å². The van der Waals surface area contributed by atoms with Crippen molar-refractivity contribution in [3.8, 4) is 0 Å². The van der Waals surface area contributed by atoms with E-state index in [0.717, 1.165) is 11.3 Å². The number of aryl methyl sites for hydroxylation is 1. The monoisotopic (exact) mass is 354 g/mol. The number of carbonyl (C=O) groups is 3. The van der Waals surface area contributed by atoms with E-state index in [4.69, 9.17) is 5.73 Å². The third-order valence-corrected chi connectivity index (χ3v) is 4.71. The lowest BCUT2D eigenvalue weighted by atomic mass is 9.96. The number of hydrogen-bond acceptors (Lipinski definition) is 3. The van der Waals surface area contributed by atoms with E-state index in [1.54, 1.807) is 35.7 Å². The van der Waals surface area contributed by atoms with Gasteiger partial charge in [0.2, 0.25) is 11.8 Å². The molecule has 1 aliphatic rings. The third kappa shape index (κ3) is 3.46. The highest BCUT2D eigenvalue weighted by molar-refractivity contribution is 5.96. The Morgan fingerprint density at radius 2 is 2.00 bits per heavy atom. The summed E-state index contributed by atoms with van der Waals surface area (Å²) in [7, 11) is 1.70. The number of amides is 3. The highest BCUT2D eigenvalue weighted by Gasteiger charge is 2.30. The summed E-state index contributed by atoms with van der Waals surface area (Å²) in [6.45, 7) is 2.15. The minimum absolute atomic E-state index is 0.00710. The zero-order valence-corrected chi connectivity index (χ0v) is 14.9. The van der Waals surface area contributed by atoms with E-state index in [0.29, 0.717) is 30.8 Å². The summed E-state index contributed by atoms with van der Waals surface area (Å²) in [5.41, 5.74) is 8.19. The lowest BCUT2D eigenvalue weighted by Gasteiger charge is -2.15. The summed E-state index contributed by atoms with van der Waals surface area (Å²) in [6.07, 6.45) is 2.62. The first kappa shape index (κ1) is 17.7. The largest absolute Gasteiger partial charge is 0.364 e. The highest BCUT2D eigenvalue weighted by Crippen LogP contribution is 2.38. The molecular formula is C19H22N4O3. The molecule has 7 nitrogen and oxygen atoms in total. The molecule has 7 heteroatoms. The van der Waals surface area contributed by atoms with Crippen LogP contribution in [0.15, 0.2) is 36.5 Å². The van der Waals surface area contributed by atoms with Gasteiger partial charge < -0.3 is 20.5 Å². The molecule has 0 fully saturated rings. The Bertz CT molecular complexity index is 871. The number of anilines is 2. The molecule has 0 saturated heterocycles. The Balaban J connectivity index is 1.62. The van der Waals surface area contributed by atoms with Gasteiger partial charge in [-0.1, -0.05) is 18.2 Å². The molecule has 1 aromatic heterocycles. The number of para-hydroxylation sites is 1. The molecule has 3 rings (SSSR count). The number of fused-ring (bicyclic) bond motifs is 1. The standard InChI is InChI=1S/C19H22N4O3/c1-12(24)23-10-13(15-5-3-4-6-16(15)23)7-8-18(25)21-14-9-17(19(20)26)22(2)11-14/h3-6,9,11,13H,7-8,10H2,1-2H3,(H2,20,26)(H,21,25). The molecule has 26 heavy (non-hydrogen) atoms. The zero-order chi connectivity index (χ0) is 18.8. The lowest BCUT2D eigenvalue weighted by Crippen LogP contribution is -2.27. The van der Waals surface area contributed by atoms with Crippen LogP contribution in [0.25, 0.3) is 0 Å². The predicted molar refractivity (Wildman–Crippen MR) is 99.0 cm³/mol. The van der Waals surface area contributed by atoms with Gasteiger partial charge in [-0.05, 0) is 24.1 Å². The normalized spacial score (nSPS) is 15.6. The second kappa shape index (κ2) is 7.03. The molecule has 1 aromatic carbocycles. The van der Waals surface area contributed by atoms with E-state index in [1.165, 1.54) is 0 Å². The Morgan fingerprint density at radius 3 is 2.65 bits per heavy atom. The molecular weight excluding hydrogens is 332 g/mol. The molecule has 1 unspecified atom stereocenters. The van der Waals surface area contributed by atoms with Crippen LogP contribution >= 0.6 is 0 Å². The zero-order valence-electron chi connectivity index (χ0n) is 14.9. The molecule has 3 amide bonds. The molecule has 0 bridgehead atoms. The van der Waals surface area contributed by atoms with Crippen molar-refractivity contribution in [2.45, 2.75) is 25.7 Å². The van der Waals surface area contributed by atoms with Crippen molar-refractivity contribution in [2.75, 3.05) is 16.8 Å². The van der Waals surface area contributed by atoms with Crippen LogP contribution < -0.4 is 16.0 Å². The average Bonchev–Trinajstić information content (AvgIpc) is 3.13. The minimum atomic E-state index is -0.542. The topological polar surface area (TPSA) is 97.4 Å². The molecule has 1 aliphatic heterocycles. The highest BCUT2D eigenvalue weighted by atomic mass is 16.2. The third-order valence-electron chi connectivity index (χ3n) is 4.71. The summed E-state index contributed by atoms with van der Waals surface area (Å²) >= 11 is 0. The van der Waals surface area contributed by atoms with E-state index in [9.17, 15) is 14.4 Å². The van der Waals surface area contributed by atoms with Gasteiger partial charge in [-0.25, -0.2) is 0 Å². The molecule has 3 N–H and O–H groups in total. The predicted octanol–water partition coefficient (Wildman–Crippen LogP) is 1.99. The quantitative estimate of drug-likeness (QED) is 0.859. The molecule has 0 saturated carbocycles. The van der Waals surface area contributed by atoms with E-state index in [1.807, 2.05) is 24.3 Å². The van der Waals surface area contributed by atoms with Crippen molar-refractivity contribution in [1.82, 2.24) is 4.57 Å². The number of benzene rings is 1. The first-order valence-electron chi connectivity index (χ1n) is 8.50. The molecule has 2 heterocycles. The van der Waals surface area contributed by atoms with Crippen LogP contribution in [0, 0.1) is 0 Å². The van der Waals surface area contributed by atoms with Crippen LogP contribution in [-0.2, 0) is 16.6 Å². The first-order valence-corrected chi connectivity index (χ1v) is 8.50. The average molecular weight is 354 g/mol. The van der Waals surface area contributed by atoms with Crippen molar-refractivity contribution in [3.05, 3.63) is 47.8 Å². The van der Waals surface area contributed by atoms with Crippen molar-refractivity contribution >= 4 is 29.1 Å². The first-order chi connectivity index (χ1) is 12.4. The SMILES string of the molecule is CC(=O)N1CC(CCC(=O)Nc2cc(C(N)=O)n(C)c2)c2ccccc21. The number of aromatic nitrogens is 1. The maximum Gasteiger partial charge on any atom is 0.265 e. The number of nitrogens with one attached hydrogen (secondary N) is 1. The number of nitrogens with two attached hydrogens (primary N) is 1. The van der Waals surface area contributed by atoms with Crippen LogP contribution in [0.1, 0.15) is 41.7 Å². The van der Waals surface area contributed by atoms with Gasteiger partial charge in [0, 0.05) is 44.7 Å². The van der Waals surface area contributed by atoms with Gasteiger partial charge >= 0.3 is 0 Å². The minimum Gasteiger partial charge on any atom is -0.364 e. The van der Waals surface area contributed by atoms with E-state index in [-0.39, 0.29) is 17.7 Å². The number of carbonyl (C=O) groups excluding carboxylic acids is 3. The van der Waals surface area contributed by atoms with Gasteiger partial charge in [-0.3, -0.25) is 14.4 Å². The Morgan fingerprint density at radius 1 is 1.27 bits per heavy atom. The lowest BCUT2D eigenvalue weighted by molar-refractivity contribution is -0.116. The number of primary amides is 1. The van der Waals surface area contributed by atoms with E-state index < -0.39 is 5.91 Å². The smallest absolute Gasteiger partial charge is 0.265 e. The van der Waals surface area contributed by atoms with Gasteiger partial charge in [0.25, 0.3) is 5.91 Å². The summed E-state index contributed by atoms with van der Waals surface area (Å²) in [5.74, 6) is -0.532. The summed E-state index contributed by atoms with van der Waals surface area (Å²) < 4.78 is 1.58. The Hall–Kier alpha value is -3.09. The molecule has 0 radical (unpaired) electrons. The summed E-state index contributed by atoms with van der Waals surface area (Å²) in [6, 6.07) is 9.37. The second-order valence-corrected chi connectivity index (χ2v) is 6.56. The molecule has 136 valence electrons. The van der Waals surface area contributed by atoms with Crippen molar-refractivity contribution in [3.63, 3.8) is 0 Å². The molecule has 0 aliphatic carbocycles. The van der Waals surface area contributed by atoms with Crippen LogP contribution in [0.2, 0.25) is 0 Å². The Labute approximate surface area is 151 Å². The van der Waals surface area contributed by atoms with Crippen molar-refractivity contribution in [1.29, 1.82) is 0 Å². The van der Waals surface area contributed by atoms with Gasteiger partial charge in [-0.2, -0.15) is 0 Å². The maximum atomic E-state index is 12.3. The van der Waals surface area contributed by atoms with E-state index in [2.05, 4.69) is 5.32 Å². The van der Waals surface area contributed by atoms with Crippen molar-refractivity contribution in [2.24, 2.45) is 12.8 Å². The fraction of sp³-hybridized carbons (Fsp3) is 0.316. The van der Waals surface area contributed by atoms with Crippen LogP contribution in [0.4, 0.5) is 11.4 Å². The number of hydrogen-bond donors (Lipinski definition) is 2. The Kier molecular flexibility index (Phi) is 4.79. The summed E-state index contributed by atoms with van der Waals surface area (Å²) in [5, 5.41) is 2.79. The van der Waals surface area contributed by atoms with Crippen LogP contribution in [0.3, 0.4) is 0 Å². The number of rotatable bonds is 5. The molecule has 1 atom stereocenters. The maximum absolute atomic E-state index is 12.3. The van der Waals surface area contributed by atoms with Crippen LogP contribution in [-0.4, -0.2) is 28.8 Å².